The molecule has 0 saturated carbocycles. The zero-order chi connectivity index (χ0) is 30.7. The van der Waals surface area contributed by atoms with Gasteiger partial charge >= 0.3 is 5.97 Å². The van der Waals surface area contributed by atoms with E-state index in [4.69, 9.17) is 9.84 Å². The summed E-state index contributed by atoms with van der Waals surface area (Å²) in [6.07, 6.45) is 3.07. The van der Waals surface area contributed by atoms with Crippen molar-refractivity contribution in [1.82, 2.24) is 19.6 Å². The van der Waals surface area contributed by atoms with Gasteiger partial charge in [-0.2, -0.15) is 5.10 Å². The Kier molecular flexibility index (Phi) is 9.62. The van der Waals surface area contributed by atoms with Crippen LogP contribution in [0.2, 0.25) is 0 Å². The molecular weight excluding hydrogens is 536 g/mol. The van der Waals surface area contributed by atoms with E-state index >= 15 is 0 Å². The van der Waals surface area contributed by atoms with Crippen LogP contribution in [-0.2, 0) is 17.8 Å². The molecule has 2 fully saturated rings. The molecule has 0 unspecified atom stereocenters. The average molecular weight is 587 g/mol. The van der Waals surface area contributed by atoms with Gasteiger partial charge < -0.3 is 14.7 Å². The maximum atomic E-state index is 12.4. The van der Waals surface area contributed by atoms with Crippen LogP contribution in [0, 0.1) is 18.3 Å². The second kappa shape index (κ2) is 13.2. The van der Waals surface area contributed by atoms with Crippen molar-refractivity contribution < 1.29 is 14.6 Å². The molecule has 3 aromatic rings. The van der Waals surface area contributed by atoms with E-state index in [1.807, 2.05) is 12.1 Å². The molecule has 1 N–H and O–H groups in total. The molecule has 5 rings (SSSR count). The molecule has 0 bridgehead atoms. The van der Waals surface area contributed by atoms with Crippen molar-refractivity contribution in [2.75, 3.05) is 39.8 Å². The maximum Gasteiger partial charge on any atom is 0.321 e. The first-order chi connectivity index (χ1) is 20.5. The Morgan fingerprint density at radius 3 is 2.40 bits per heavy atom. The number of aryl methyl sites for hydroxylation is 2. The summed E-state index contributed by atoms with van der Waals surface area (Å²) in [5.41, 5.74) is 6.02. The van der Waals surface area contributed by atoms with E-state index in [2.05, 4.69) is 91.6 Å². The molecule has 0 radical (unpaired) electrons. The molecule has 43 heavy (non-hydrogen) atoms. The smallest absolute Gasteiger partial charge is 0.321 e. The number of benzene rings is 2. The monoisotopic (exact) mass is 586 g/mol. The van der Waals surface area contributed by atoms with Crippen LogP contribution in [0.5, 0.6) is 5.75 Å². The Hall–Kier alpha value is -3.16. The van der Waals surface area contributed by atoms with Crippen LogP contribution < -0.4 is 4.74 Å². The van der Waals surface area contributed by atoms with Gasteiger partial charge in [0.25, 0.3) is 0 Å². The summed E-state index contributed by atoms with van der Waals surface area (Å²) in [5.74, 6) is 1.42. The van der Waals surface area contributed by atoms with Crippen molar-refractivity contribution >= 4 is 5.97 Å². The normalized spacial score (nSPS) is 21.3. The first-order valence-corrected chi connectivity index (χ1v) is 16.0. The average Bonchev–Trinajstić information content (AvgIpc) is 3.56. The van der Waals surface area contributed by atoms with Gasteiger partial charge in [-0.25, -0.2) is 0 Å². The van der Waals surface area contributed by atoms with Crippen molar-refractivity contribution in [3.63, 3.8) is 0 Å². The lowest BCUT2D eigenvalue weighted by molar-refractivity contribution is -0.147. The molecule has 0 aliphatic carbocycles. The second-order valence-electron chi connectivity index (χ2n) is 13.8. The van der Waals surface area contributed by atoms with E-state index in [9.17, 15) is 9.90 Å². The quantitative estimate of drug-likeness (QED) is 0.305. The molecule has 0 amide bonds. The highest BCUT2D eigenvalue weighted by Crippen LogP contribution is 2.39. The van der Waals surface area contributed by atoms with Gasteiger partial charge in [0.2, 0.25) is 0 Å². The van der Waals surface area contributed by atoms with Crippen LogP contribution in [-0.4, -0.2) is 76.5 Å². The highest BCUT2D eigenvalue weighted by molar-refractivity contribution is 5.74. The fraction of sp³-hybridized carbons (Fsp3) is 0.556. The lowest BCUT2D eigenvalue weighted by Crippen LogP contribution is -2.48. The number of aliphatic carboxylic acids is 1. The third-order valence-corrected chi connectivity index (χ3v) is 9.56. The highest BCUT2D eigenvalue weighted by atomic mass is 16.5. The Morgan fingerprint density at radius 2 is 1.79 bits per heavy atom. The summed E-state index contributed by atoms with van der Waals surface area (Å²) in [6, 6.07) is 18.9. The summed E-state index contributed by atoms with van der Waals surface area (Å²) in [6.45, 7) is 16.1. The summed E-state index contributed by atoms with van der Waals surface area (Å²) in [4.78, 5) is 17.3. The van der Waals surface area contributed by atoms with Gasteiger partial charge in [0.1, 0.15) is 11.8 Å². The van der Waals surface area contributed by atoms with Crippen LogP contribution >= 0.6 is 0 Å². The van der Waals surface area contributed by atoms with Gasteiger partial charge in [-0.05, 0) is 80.4 Å². The molecular formula is C36H50N4O3. The first kappa shape index (κ1) is 31.3. The van der Waals surface area contributed by atoms with E-state index in [-0.39, 0.29) is 5.41 Å². The highest BCUT2D eigenvalue weighted by Gasteiger charge is 2.44. The third-order valence-electron chi connectivity index (χ3n) is 9.56. The Balaban J connectivity index is 1.26. The number of rotatable bonds is 10. The summed E-state index contributed by atoms with van der Waals surface area (Å²) >= 11 is 0. The number of ether oxygens (including phenoxy) is 1. The van der Waals surface area contributed by atoms with Crippen molar-refractivity contribution in [3.8, 4) is 5.75 Å². The van der Waals surface area contributed by atoms with Gasteiger partial charge in [-0.15, -0.1) is 0 Å². The Morgan fingerprint density at radius 1 is 1.07 bits per heavy atom. The molecule has 0 spiro atoms. The predicted octanol–water partition coefficient (Wildman–Crippen LogP) is 6.21. The number of hydrogen-bond donors (Lipinski definition) is 1. The van der Waals surface area contributed by atoms with Crippen molar-refractivity contribution in [3.05, 3.63) is 82.7 Å². The van der Waals surface area contributed by atoms with E-state index in [1.165, 1.54) is 22.4 Å². The first-order valence-electron chi connectivity index (χ1n) is 16.0. The van der Waals surface area contributed by atoms with Gasteiger partial charge in [0.05, 0.1) is 12.8 Å². The van der Waals surface area contributed by atoms with E-state index in [0.717, 1.165) is 70.0 Å². The molecule has 2 saturated heterocycles. The largest absolute Gasteiger partial charge is 0.497 e. The molecule has 3 atom stereocenters. The Labute approximate surface area is 257 Å². The van der Waals surface area contributed by atoms with Gasteiger partial charge in [0.15, 0.2) is 0 Å². The van der Waals surface area contributed by atoms with Crippen molar-refractivity contribution in [2.24, 2.45) is 11.3 Å². The minimum absolute atomic E-state index is 0.329. The number of carbonyl (C=O) groups is 1. The van der Waals surface area contributed by atoms with Crippen LogP contribution in [0.4, 0.5) is 0 Å². The number of likely N-dealkylation sites (tertiary alicyclic amines) is 2. The van der Waals surface area contributed by atoms with Gasteiger partial charge in [-0.3, -0.25) is 14.4 Å². The number of aromatic nitrogens is 2. The van der Waals surface area contributed by atoms with Gasteiger partial charge in [0, 0.05) is 50.1 Å². The molecule has 2 aliphatic heterocycles. The topological polar surface area (TPSA) is 70.8 Å². The molecule has 1 aromatic heterocycles. The summed E-state index contributed by atoms with van der Waals surface area (Å²) in [7, 11) is 1.70. The third kappa shape index (κ3) is 7.32. The van der Waals surface area contributed by atoms with Crippen LogP contribution in [0.1, 0.15) is 80.5 Å². The summed E-state index contributed by atoms with van der Waals surface area (Å²) in [5, 5.41) is 15.2. The van der Waals surface area contributed by atoms with Crippen LogP contribution in [0.15, 0.2) is 54.6 Å². The molecule has 232 valence electrons. The van der Waals surface area contributed by atoms with E-state index in [0.29, 0.717) is 17.8 Å². The second-order valence-corrected chi connectivity index (χ2v) is 13.8. The fourth-order valence-corrected chi connectivity index (χ4v) is 7.50. The zero-order valence-electron chi connectivity index (χ0n) is 26.9. The number of piperidine rings is 1. The number of methoxy groups -OCH3 is 1. The number of carboxylic acid groups (broad SMARTS) is 1. The number of hydrogen-bond acceptors (Lipinski definition) is 5. The summed E-state index contributed by atoms with van der Waals surface area (Å²) < 4.78 is 7.52. The number of nitrogens with zero attached hydrogens (tertiary/aromatic N) is 4. The zero-order valence-corrected chi connectivity index (χ0v) is 26.9. The van der Waals surface area contributed by atoms with Crippen molar-refractivity contribution in [1.29, 1.82) is 0 Å². The van der Waals surface area contributed by atoms with Crippen LogP contribution in [0.25, 0.3) is 0 Å². The fourth-order valence-electron chi connectivity index (χ4n) is 7.50. The lowest BCUT2D eigenvalue weighted by atomic mass is 9.85. The SMILES string of the molecule is CCn1nc(Cc2ccc(OC)cc2)cc1C1CCN(C[C@H]2CN([C@@H](C(=O)O)C(C)(C)C)C[C@@H]2c2cccc(C)c2)CC1. The molecule has 7 nitrogen and oxygen atoms in total. The van der Waals surface area contributed by atoms with E-state index < -0.39 is 12.0 Å². The van der Waals surface area contributed by atoms with Crippen molar-refractivity contribution in [2.45, 2.75) is 78.3 Å². The molecule has 2 aliphatic rings. The van der Waals surface area contributed by atoms with Crippen LogP contribution in [0.3, 0.4) is 0 Å². The predicted molar refractivity (Wildman–Crippen MR) is 172 cm³/mol. The molecule has 3 heterocycles. The maximum absolute atomic E-state index is 12.4. The van der Waals surface area contributed by atoms with Gasteiger partial charge in [-0.1, -0.05) is 62.7 Å². The van der Waals surface area contributed by atoms with E-state index in [1.54, 1.807) is 7.11 Å². The standard InChI is InChI=1S/C36H50N4O3/c1-7-40-33(21-30(37-40)20-26-11-13-31(43-6)14-12-26)27-15-17-38(18-16-27)22-29-23-39(34(35(41)42)36(3,4)5)24-32(29)28-10-8-9-25(2)19-28/h8-14,19,21,27,29,32,34H,7,15-18,20,22-24H2,1-6H3,(H,41,42)/t29-,32+,34-/m0/s1. The number of carboxylic acids is 1. The molecule has 7 heteroatoms. The minimum Gasteiger partial charge on any atom is -0.497 e. The molecule has 2 aromatic carbocycles. The lowest BCUT2D eigenvalue weighted by Gasteiger charge is -2.36. The Bertz CT molecular complexity index is 1370. The minimum atomic E-state index is -0.712.